The molecule has 186 valence electrons. The quantitative estimate of drug-likeness (QED) is 0.326. The number of hydrogen-bond donors (Lipinski definition) is 1. The maximum atomic E-state index is 15.4. The fraction of sp³-hybridized carbons (Fsp3) is 0.679. The minimum atomic E-state index is -1.29. The number of aliphatic hydroxyl groups excluding tert-OH is 1. The van der Waals surface area contributed by atoms with Crippen molar-refractivity contribution in [1.29, 1.82) is 0 Å². The molecule has 0 spiro atoms. The van der Waals surface area contributed by atoms with Gasteiger partial charge in [-0.2, -0.15) is 0 Å². The number of halogens is 1. The first-order valence-corrected chi connectivity index (χ1v) is 12.7. The van der Waals surface area contributed by atoms with Gasteiger partial charge in [0.1, 0.15) is 12.8 Å². The molecule has 5 nitrogen and oxygen atoms in total. The molecule has 0 aromatic heterocycles. The van der Waals surface area contributed by atoms with Crippen molar-refractivity contribution in [2.45, 2.75) is 84.9 Å². The van der Waals surface area contributed by atoms with Gasteiger partial charge in [-0.05, 0) is 66.7 Å². The van der Waals surface area contributed by atoms with Crippen LogP contribution in [0.15, 0.2) is 34.9 Å². The standard InChI is InChI=1S/C28H37FO5/c1-5-6-7-8-24(33)34-15-23(32)25-16(2)11-19-18-13-21(29)20-12-17(30)9-10-27(20,3)26(18)22(31)14-28(19,25)4/h9-10,12,16,19,21-22,25,31H,5-8,11,13-15H2,1-4H3/t16-,19+,21+,22+,25-,27+,28+/m1/s1. The van der Waals surface area contributed by atoms with Crippen LogP contribution in [-0.2, 0) is 19.1 Å². The molecule has 7 atom stereocenters. The molecule has 0 bridgehead atoms. The first-order valence-electron chi connectivity index (χ1n) is 12.7. The average Bonchev–Trinajstić information content (AvgIpc) is 3.03. The second-order valence-corrected chi connectivity index (χ2v) is 11.2. The molecule has 4 rings (SSSR count). The summed E-state index contributed by atoms with van der Waals surface area (Å²) in [7, 11) is 0. The van der Waals surface area contributed by atoms with E-state index < -0.39 is 23.1 Å². The van der Waals surface area contributed by atoms with Gasteiger partial charge >= 0.3 is 5.97 Å². The Morgan fingerprint density at radius 2 is 2.00 bits per heavy atom. The van der Waals surface area contributed by atoms with Crippen molar-refractivity contribution in [3.05, 3.63) is 34.9 Å². The predicted octanol–water partition coefficient (Wildman–Crippen LogP) is 4.83. The molecule has 0 radical (unpaired) electrons. The molecule has 6 heteroatoms. The minimum Gasteiger partial charge on any atom is -0.458 e. The zero-order chi connectivity index (χ0) is 24.8. The first kappa shape index (κ1) is 25.0. The first-order chi connectivity index (χ1) is 16.0. The number of ketones is 2. The lowest BCUT2D eigenvalue weighted by atomic mass is 9.53. The third-order valence-electron chi connectivity index (χ3n) is 8.90. The van der Waals surface area contributed by atoms with Gasteiger partial charge in [0.15, 0.2) is 11.6 Å². The molecule has 0 unspecified atom stereocenters. The van der Waals surface area contributed by atoms with Gasteiger partial charge in [-0.15, -0.1) is 0 Å². The van der Waals surface area contributed by atoms with Crippen molar-refractivity contribution in [1.82, 2.24) is 0 Å². The third-order valence-corrected chi connectivity index (χ3v) is 8.90. The Morgan fingerprint density at radius 3 is 2.71 bits per heavy atom. The molecule has 0 heterocycles. The van der Waals surface area contributed by atoms with Gasteiger partial charge < -0.3 is 9.84 Å². The maximum Gasteiger partial charge on any atom is 0.306 e. The van der Waals surface area contributed by atoms with E-state index in [4.69, 9.17) is 4.74 Å². The highest BCUT2D eigenvalue weighted by Crippen LogP contribution is 2.65. The fourth-order valence-corrected chi connectivity index (χ4v) is 7.48. The molecule has 0 saturated heterocycles. The maximum absolute atomic E-state index is 15.4. The topological polar surface area (TPSA) is 80.7 Å². The molecule has 0 amide bonds. The zero-order valence-corrected chi connectivity index (χ0v) is 20.7. The normalized spacial score (nSPS) is 38.7. The summed E-state index contributed by atoms with van der Waals surface area (Å²) in [6.07, 6.45) is 6.76. The van der Waals surface area contributed by atoms with E-state index in [1.54, 1.807) is 6.08 Å². The van der Waals surface area contributed by atoms with Crippen molar-refractivity contribution in [3.63, 3.8) is 0 Å². The number of hydrogen-bond acceptors (Lipinski definition) is 5. The van der Waals surface area contributed by atoms with Gasteiger partial charge in [-0.3, -0.25) is 14.4 Å². The van der Waals surface area contributed by atoms with Crippen molar-refractivity contribution in [2.75, 3.05) is 6.61 Å². The molecule has 1 fully saturated rings. The van der Waals surface area contributed by atoms with Gasteiger partial charge in [0.05, 0.1) is 6.10 Å². The Bertz CT molecular complexity index is 977. The van der Waals surface area contributed by atoms with Gasteiger partial charge in [-0.25, -0.2) is 4.39 Å². The molecule has 4 aliphatic rings. The summed E-state index contributed by atoms with van der Waals surface area (Å²) in [5.74, 6) is -1.04. The summed E-state index contributed by atoms with van der Waals surface area (Å²) in [5, 5.41) is 11.4. The number of carbonyl (C=O) groups is 3. The second-order valence-electron chi connectivity index (χ2n) is 11.2. The van der Waals surface area contributed by atoms with Crippen LogP contribution in [-0.4, -0.2) is 41.5 Å². The number of rotatable bonds is 7. The van der Waals surface area contributed by atoms with E-state index >= 15 is 4.39 Å². The number of alkyl halides is 1. The lowest BCUT2D eigenvalue weighted by Crippen LogP contribution is -2.49. The number of fused-ring (bicyclic) bond motifs is 4. The number of ether oxygens (including phenoxy) is 1. The van der Waals surface area contributed by atoms with Crippen LogP contribution in [0.4, 0.5) is 4.39 Å². The molecule has 1 N–H and O–H groups in total. The van der Waals surface area contributed by atoms with Gasteiger partial charge in [0.25, 0.3) is 0 Å². The van der Waals surface area contributed by atoms with Crippen LogP contribution < -0.4 is 0 Å². The number of carbonyl (C=O) groups excluding carboxylic acids is 3. The second kappa shape index (κ2) is 9.18. The van der Waals surface area contributed by atoms with Crippen LogP contribution in [0.5, 0.6) is 0 Å². The molecular weight excluding hydrogens is 435 g/mol. The van der Waals surface area contributed by atoms with Gasteiger partial charge in [0.2, 0.25) is 0 Å². The van der Waals surface area contributed by atoms with E-state index in [0.29, 0.717) is 18.4 Å². The van der Waals surface area contributed by atoms with Gasteiger partial charge in [-0.1, -0.05) is 45.3 Å². The zero-order valence-electron chi connectivity index (χ0n) is 20.7. The van der Waals surface area contributed by atoms with Crippen molar-refractivity contribution in [3.8, 4) is 0 Å². The van der Waals surface area contributed by atoms with Crippen LogP contribution >= 0.6 is 0 Å². The van der Waals surface area contributed by atoms with Crippen LogP contribution in [0.3, 0.4) is 0 Å². The number of allylic oxidation sites excluding steroid dienone is 5. The number of aliphatic hydroxyl groups is 1. The minimum absolute atomic E-state index is 0.0299. The highest BCUT2D eigenvalue weighted by molar-refractivity contribution is 6.01. The van der Waals surface area contributed by atoms with E-state index in [9.17, 15) is 19.5 Å². The lowest BCUT2D eigenvalue weighted by molar-refractivity contribution is -0.151. The monoisotopic (exact) mass is 472 g/mol. The van der Waals surface area contributed by atoms with Crippen LogP contribution in [0.1, 0.15) is 72.6 Å². The number of esters is 1. The average molecular weight is 473 g/mol. The molecule has 1 saturated carbocycles. The number of Topliss-reactive ketones (excluding diaryl/α,β-unsaturated/α-hetero) is 1. The van der Waals surface area contributed by atoms with E-state index in [1.165, 1.54) is 12.2 Å². The molecule has 34 heavy (non-hydrogen) atoms. The van der Waals surface area contributed by atoms with E-state index in [2.05, 4.69) is 6.92 Å². The SMILES string of the molecule is CCCCCC(=O)OCC(=O)[C@H]1[C@H](C)C[C@H]2C3=C([C@@H](O)C[C@@]21C)[C@@]1(C)C=CC(=O)C=C1[C@@H](F)C3. The predicted molar refractivity (Wildman–Crippen MR) is 126 cm³/mol. The summed E-state index contributed by atoms with van der Waals surface area (Å²) in [6, 6.07) is 0. The third kappa shape index (κ3) is 4.02. The van der Waals surface area contributed by atoms with Crippen LogP contribution in [0, 0.1) is 28.6 Å². The van der Waals surface area contributed by atoms with Crippen LogP contribution in [0.25, 0.3) is 0 Å². The fourth-order valence-electron chi connectivity index (χ4n) is 7.48. The Balaban J connectivity index is 1.59. The van der Waals surface area contributed by atoms with Gasteiger partial charge in [0, 0.05) is 24.2 Å². The Hall–Kier alpha value is -2.08. The molecule has 0 aromatic rings. The smallest absolute Gasteiger partial charge is 0.306 e. The summed E-state index contributed by atoms with van der Waals surface area (Å²) in [4.78, 5) is 37.3. The summed E-state index contributed by atoms with van der Waals surface area (Å²) in [5.41, 5.74) is 0.790. The largest absolute Gasteiger partial charge is 0.458 e. The highest BCUT2D eigenvalue weighted by Gasteiger charge is 2.61. The van der Waals surface area contributed by atoms with E-state index in [1.807, 2.05) is 20.8 Å². The Morgan fingerprint density at radius 1 is 1.26 bits per heavy atom. The van der Waals surface area contributed by atoms with Crippen molar-refractivity contribution in [2.24, 2.45) is 28.6 Å². The van der Waals surface area contributed by atoms with Crippen LogP contribution in [0.2, 0.25) is 0 Å². The molecule has 4 aliphatic carbocycles. The summed E-state index contributed by atoms with van der Waals surface area (Å²) < 4.78 is 20.7. The Labute approximate surface area is 201 Å². The summed E-state index contributed by atoms with van der Waals surface area (Å²) >= 11 is 0. The molecule has 0 aliphatic heterocycles. The lowest BCUT2D eigenvalue weighted by Gasteiger charge is -2.52. The Kier molecular flexibility index (Phi) is 6.75. The number of unbranched alkanes of at least 4 members (excludes halogenated alkanes) is 2. The molecular formula is C28H37FO5. The van der Waals surface area contributed by atoms with E-state index in [-0.39, 0.29) is 48.3 Å². The van der Waals surface area contributed by atoms with E-state index in [0.717, 1.165) is 36.8 Å². The molecule has 0 aromatic carbocycles. The van der Waals surface area contributed by atoms with Crippen molar-refractivity contribution >= 4 is 17.5 Å². The van der Waals surface area contributed by atoms with Crippen molar-refractivity contribution < 1.29 is 28.6 Å². The highest BCUT2D eigenvalue weighted by atomic mass is 19.1. The summed E-state index contributed by atoms with van der Waals surface area (Å²) in [6.45, 7) is 7.76.